The molecule has 0 amide bonds. The van der Waals surface area contributed by atoms with Gasteiger partial charge in [0, 0.05) is 27.4 Å². The third-order valence-electron chi connectivity index (χ3n) is 5.92. The summed E-state index contributed by atoms with van der Waals surface area (Å²) in [4.78, 5) is 5.25. The number of halogens is 1. The summed E-state index contributed by atoms with van der Waals surface area (Å²) in [6.07, 6.45) is 0. The number of nitrogens with zero attached hydrogens (tertiary/aromatic N) is 2. The highest BCUT2D eigenvalue weighted by Crippen LogP contribution is 2.39. The Morgan fingerprint density at radius 1 is 0.613 bits per heavy atom. The first-order valence-electron chi connectivity index (χ1n) is 10.4. The fraction of sp³-hybridized carbons (Fsp3) is 0.0357. The van der Waals surface area contributed by atoms with E-state index in [1.807, 2.05) is 6.07 Å². The Morgan fingerprint density at radius 3 is 1.94 bits per heavy atom. The second kappa shape index (κ2) is 7.36. The van der Waals surface area contributed by atoms with Crippen molar-refractivity contribution in [1.29, 1.82) is 0 Å². The van der Waals surface area contributed by atoms with Crippen LogP contribution >= 0.6 is 15.9 Å². The molecule has 0 aliphatic carbocycles. The molecule has 0 spiro atoms. The van der Waals surface area contributed by atoms with Gasteiger partial charge in [-0.05, 0) is 22.4 Å². The van der Waals surface area contributed by atoms with E-state index in [1.165, 1.54) is 32.6 Å². The molecule has 0 aliphatic rings. The van der Waals surface area contributed by atoms with Crippen LogP contribution in [0.2, 0.25) is 0 Å². The number of benzene rings is 5. The Morgan fingerprint density at radius 2 is 1.19 bits per heavy atom. The molecule has 0 N–H and O–H groups in total. The normalized spacial score (nSPS) is 11.5. The van der Waals surface area contributed by atoms with E-state index in [2.05, 4.69) is 118 Å². The highest BCUT2D eigenvalue weighted by atomic mass is 79.9. The lowest BCUT2D eigenvalue weighted by molar-refractivity contribution is 0.836. The maximum absolute atomic E-state index is 5.25. The fourth-order valence-electron chi connectivity index (χ4n) is 4.53. The monoisotopic (exact) mass is 462 g/mol. The summed E-state index contributed by atoms with van der Waals surface area (Å²) >= 11 is 3.76. The summed E-state index contributed by atoms with van der Waals surface area (Å²) in [5, 5.41) is 4.93. The van der Waals surface area contributed by atoms with Gasteiger partial charge in [0.2, 0.25) is 0 Å². The van der Waals surface area contributed by atoms with Crippen LogP contribution in [0.3, 0.4) is 0 Å². The van der Waals surface area contributed by atoms with Crippen molar-refractivity contribution in [3.8, 4) is 11.4 Å². The topological polar surface area (TPSA) is 17.8 Å². The number of hydrogen-bond acceptors (Lipinski definition) is 1. The summed E-state index contributed by atoms with van der Waals surface area (Å²) in [6, 6.07) is 36.2. The van der Waals surface area contributed by atoms with Crippen LogP contribution in [0.1, 0.15) is 5.56 Å². The quantitative estimate of drug-likeness (QED) is 0.245. The predicted octanol–water partition coefficient (Wildman–Crippen LogP) is 7.82. The molecule has 0 aliphatic heterocycles. The Bertz CT molecular complexity index is 1560. The van der Waals surface area contributed by atoms with Gasteiger partial charge in [0.1, 0.15) is 5.82 Å². The molecule has 6 rings (SSSR count). The minimum absolute atomic E-state index is 0.760. The summed E-state index contributed by atoms with van der Waals surface area (Å²) in [7, 11) is 0. The smallest absolute Gasteiger partial charge is 0.142 e. The molecule has 148 valence electrons. The molecule has 0 unspecified atom stereocenters. The van der Waals surface area contributed by atoms with Gasteiger partial charge in [-0.25, -0.2) is 4.98 Å². The van der Waals surface area contributed by atoms with Gasteiger partial charge in [-0.2, -0.15) is 0 Å². The van der Waals surface area contributed by atoms with Crippen LogP contribution in [-0.4, -0.2) is 9.55 Å². The van der Waals surface area contributed by atoms with Crippen LogP contribution in [0.4, 0.5) is 0 Å². The Balaban J connectivity index is 1.80. The van der Waals surface area contributed by atoms with Gasteiger partial charge in [0.05, 0.1) is 11.0 Å². The molecule has 5 aromatic carbocycles. The number of hydrogen-bond donors (Lipinski definition) is 0. The van der Waals surface area contributed by atoms with Crippen LogP contribution < -0.4 is 0 Å². The summed E-state index contributed by atoms with van der Waals surface area (Å²) in [5.74, 6) is 0.979. The molecular formula is C28H19BrN2. The number of aromatic nitrogens is 2. The maximum atomic E-state index is 5.25. The van der Waals surface area contributed by atoms with Crippen molar-refractivity contribution < 1.29 is 0 Å². The van der Waals surface area contributed by atoms with E-state index in [4.69, 9.17) is 4.98 Å². The molecule has 3 heteroatoms. The number of fused-ring (bicyclic) bond motifs is 6. The Kier molecular flexibility index (Phi) is 4.36. The van der Waals surface area contributed by atoms with Gasteiger partial charge in [-0.1, -0.05) is 113 Å². The SMILES string of the molecule is Brc1ccccc1-c1nc2c3ccccc3c3ccccc3c2n1Cc1ccccc1. The molecular weight excluding hydrogens is 444 g/mol. The van der Waals surface area contributed by atoms with Crippen molar-refractivity contribution >= 4 is 48.5 Å². The molecule has 0 bridgehead atoms. The van der Waals surface area contributed by atoms with Crippen molar-refractivity contribution in [3.05, 3.63) is 113 Å². The lowest BCUT2D eigenvalue weighted by Crippen LogP contribution is -2.03. The van der Waals surface area contributed by atoms with Crippen LogP contribution in [-0.2, 0) is 6.54 Å². The van der Waals surface area contributed by atoms with Crippen molar-refractivity contribution in [1.82, 2.24) is 9.55 Å². The first-order valence-corrected chi connectivity index (χ1v) is 11.2. The lowest BCUT2D eigenvalue weighted by atomic mass is 10.00. The first kappa shape index (κ1) is 18.3. The molecule has 0 fully saturated rings. The van der Waals surface area contributed by atoms with Crippen LogP contribution in [0.5, 0.6) is 0 Å². The first-order chi connectivity index (χ1) is 15.3. The molecule has 31 heavy (non-hydrogen) atoms. The van der Waals surface area contributed by atoms with E-state index in [9.17, 15) is 0 Å². The summed E-state index contributed by atoms with van der Waals surface area (Å²) in [6.45, 7) is 0.760. The predicted molar refractivity (Wildman–Crippen MR) is 133 cm³/mol. The molecule has 6 aromatic rings. The van der Waals surface area contributed by atoms with Crippen LogP contribution in [0.25, 0.3) is 44.0 Å². The second-order valence-electron chi connectivity index (χ2n) is 7.78. The van der Waals surface area contributed by atoms with Gasteiger partial charge in [-0.3, -0.25) is 0 Å². The maximum Gasteiger partial charge on any atom is 0.142 e. The van der Waals surface area contributed by atoms with E-state index in [-0.39, 0.29) is 0 Å². The zero-order chi connectivity index (χ0) is 20.8. The molecule has 0 atom stereocenters. The van der Waals surface area contributed by atoms with Crippen molar-refractivity contribution in [3.63, 3.8) is 0 Å². The number of imidazole rings is 1. The highest BCUT2D eigenvalue weighted by molar-refractivity contribution is 9.10. The number of rotatable bonds is 3. The van der Waals surface area contributed by atoms with Gasteiger partial charge >= 0.3 is 0 Å². The largest absolute Gasteiger partial charge is 0.319 e. The van der Waals surface area contributed by atoms with Crippen molar-refractivity contribution in [2.75, 3.05) is 0 Å². The van der Waals surface area contributed by atoms with Gasteiger partial charge < -0.3 is 4.57 Å². The minimum Gasteiger partial charge on any atom is -0.319 e. The van der Waals surface area contributed by atoms with E-state index in [1.54, 1.807) is 0 Å². The molecule has 0 radical (unpaired) electrons. The Labute approximate surface area is 188 Å². The van der Waals surface area contributed by atoms with E-state index in [0.29, 0.717) is 0 Å². The average Bonchev–Trinajstić information content (AvgIpc) is 3.19. The van der Waals surface area contributed by atoms with Crippen LogP contribution in [0, 0.1) is 0 Å². The minimum atomic E-state index is 0.760. The molecule has 0 saturated carbocycles. The zero-order valence-electron chi connectivity index (χ0n) is 16.8. The van der Waals surface area contributed by atoms with Crippen molar-refractivity contribution in [2.24, 2.45) is 0 Å². The highest BCUT2D eigenvalue weighted by Gasteiger charge is 2.19. The van der Waals surface area contributed by atoms with Gasteiger partial charge in [0.25, 0.3) is 0 Å². The Hall–Kier alpha value is -3.43. The van der Waals surface area contributed by atoms with E-state index in [0.717, 1.165) is 27.9 Å². The third kappa shape index (κ3) is 2.96. The van der Waals surface area contributed by atoms with E-state index < -0.39 is 0 Å². The molecule has 1 aromatic heterocycles. The van der Waals surface area contributed by atoms with Crippen LogP contribution in [0.15, 0.2) is 108 Å². The van der Waals surface area contributed by atoms with Gasteiger partial charge in [0.15, 0.2) is 0 Å². The zero-order valence-corrected chi connectivity index (χ0v) is 18.4. The average molecular weight is 463 g/mol. The summed E-state index contributed by atoms with van der Waals surface area (Å²) in [5.41, 5.74) is 4.59. The standard InChI is InChI=1S/C28H19BrN2/c29-25-17-9-8-16-24(25)28-30-26-22-14-6-4-12-20(22)21-13-5-7-15-23(21)27(26)31(28)18-19-10-2-1-3-11-19/h1-17H,18H2. The molecule has 2 nitrogen and oxygen atoms in total. The van der Waals surface area contributed by atoms with E-state index >= 15 is 0 Å². The van der Waals surface area contributed by atoms with Gasteiger partial charge in [-0.15, -0.1) is 0 Å². The lowest BCUT2D eigenvalue weighted by Gasteiger charge is -2.13. The third-order valence-corrected chi connectivity index (χ3v) is 6.61. The summed E-state index contributed by atoms with van der Waals surface area (Å²) < 4.78 is 3.42. The molecule has 0 saturated heterocycles. The fourth-order valence-corrected chi connectivity index (χ4v) is 4.99. The molecule has 1 heterocycles. The van der Waals surface area contributed by atoms with Crippen molar-refractivity contribution in [2.45, 2.75) is 6.54 Å². The second-order valence-corrected chi connectivity index (χ2v) is 8.63.